The Balaban J connectivity index is 1.70. The summed E-state index contributed by atoms with van der Waals surface area (Å²) in [5, 5.41) is 2.20. The predicted molar refractivity (Wildman–Crippen MR) is 129 cm³/mol. The first-order valence-corrected chi connectivity index (χ1v) is 13.3. The maximum Gasteiger partial charge on any atom is 0.189 e. The lowest BCUT2D eigenvalue weighted by molar-refractivity contribution is 0.270. The minimum atomic E-state index is 0.627. The Kier molecular flexibility index (Phi) is 5.62. The van der Waals surface area contributed by atoms with Crippen LogP contribution in [0.2, 0.25) is 0 Å². The maximum atomic E-state index is 5.21. The molecule has 0 bridgehead atoms. The van der Waals surface area contributed by atoms with Gasteiger partial charge in [0.05, 0.1) is 10.2 Å². The minimum Gasteiger partial charge on any atom is -0.353 e. The standard InChI is InChI=1S/C23H31N5S2/c1-5-27-9-11-28(12-10-27)21-20-19(25-23(26-21)29-4)18-16-8-6-7-15(16)17(13-14(2)3)24-22(18)30-20/h14H,5-13H2,1-4H3. The number of hydrogen-bond donors (Lipinski definition) is 0. The zero-order valence-corrected chi connectivity index (χ0v) is 20.1. The van der Waals surface area contributed by atoms with Crippen molar-refractivity contribution in [3.63, 3.8) is 0 Å². The van der Waals surface area contributed by atoms with Crippen molar-refractivity contribution in [3.8, 4) is 0 Å². The first-order chi connectivity index (χ1) is 14.6. The van der Waals surface area contributed by atoms with Crippen molar-refractivity contribution in [2.75, 3.05) is 43.9 Å². The molecule has 0 unspecified atom stereocenters. The molecule has 3 aromatic heterocycles. The molecule has 0 N–H and O–H groups in total. The number of aromatic nitrogens is 3. The second kappa shape index (κ2) is 8.24. The van der Waals surface area contributed by atoms with Gasteiger partial charge in [-0.05, 0) is 55.5 Å². The number of nitrogens with zero attached hydrogens (tertiary/aromatic N) is 5. The van der Waals surface area contributed by atoms with Crippen LogP contribution in [0, 0.1) is 5.92 Å². The molecule has 160 valence electrons. The number of thiophene rings is 1. The van der Waals surface area contributed by atoms with E-state index in [2.05, 4.69) is 36.8 Å². The van der Waals surface area contributed by atoms with Crippen LogP contribution >= 0.6 is 23.1 Å². The van der Waals surface area contributed by atoms with Gasteiger partial charge in [-0.25, -0.2) is 15.0 Å². The highest BCUT2D eigenvalue weighted by Gasteiger charge is 2.27. The molecule has 0 amide bonds. The van der Waals surface area contributed by atoms with Gasteiger partial charge in [-0.15, -0.1) is 11.3 Å². The molecular weight excluding hydrogens is 410 g/mol. The first-order valence-electron chi connectivity index (χ1n) is 11.2. The van der Waals surface area contributed by atoms with E-state index in [1.807, 2.05) is 11.3 Å². The maximum absolute atomic E-state index is 5.21. The number of rotatable bonds is 5. The molecule has 2 aliphatic rings. The quantitative estimate of drug-likeness (QED) is 0.419. The van der Waals surface area contributed by atoms with Crippen LogP contribution < -0.4 is 4.90 Å². The third-order valence-corrected chi connectivity index (χ3v) is 8.10. The van der Waals surface area contributed by atoms with Crippen LogP contribution in [0.1, 0.15) is 44.0 Å². The van der Waals surface area contributed by atoms with Crippen LogP contribution in [0.3, 0.4) is 0 Å². The molecule has 3 aromatic rings. The van der Waals surface area contributed by atoms with Crippen LogP contribution in [0.4, 0.5) is 5.82 Å². The van der Waals surface area contributed by atoms with Crippen molar-refractivity contribution in [2.24, 2.45) is 5.92 Å². The van der Waals surface area contributed by atoms with E-state index in [4.69, 9.17) is 15.0 Å². The smallest absolute Gasteiger partial charge is 0.189 e. The molecule has 7 heteroatoms. The van der Waals surface area contributed by atoms with Gasteiger partial charge in [0.2, 0.25) is 0 Å². The molecule has 0 saturated carbocycles. The summed E-state index contributed by atoms with van der Waals surface area (Å²) in [6, 6.07) is 0. The highest BCUT2D eigenvalue weighted by molar-refractivity contribution is 7.98. The number of aryl methyl sites for hydroxylation is 1. The van der Waals surface area contributed by atoms with Crippen LogP contribution in [0.25, 0.3) is 20.4 Å². The Morgan fingerprint density at radius 1 is 1.03 bits per heavy atom. The van der Waals surface area contributed by atoms with E-state index >= 15 is 0 Å². The molecule has 0 radical (unpaired) electrons. The van der Waals surface area contributed by atoms with Crippen molar-refractivity contribution in [2.45, 2.75) is 51.6 Å². The summed E-state index contributed by atoms with van der Waals surface area (Å²) in [5.41, 5.74) is 5.50. The molecule has 1 aliphatic carbocycles. The van der Waals surface area contributed by atoms with E-state index in [1.54, 1.807) is 11.8 Å². The highest BCUT2D eigenvalue weighted by Crippen LogP contribution is 2.43. The Hall–Kier alpha value is -1.44. The predicted octanol–water partition coefficient (Wildman–Crippen LogP) is 4.79. The van der Waals surface area contributed by atoms with Gasteiger partial charge < -0.3 is 9.80 Å². The molecule has 30 heavy (non-hydrogen) atoms. The van der Waals surface area contributed by atoms with E-state index in [0.29, 0.717) is 5.92 Å². The van der Waals surface area contributed by atoms with E-state index in [0.717, 1.165) is 62.1 Å². The highest BCUT2D eigenvalue weighted by atomic mass is 32.2. The fraction of sp³-hybridized carbons (Fsp3) is 0.609. The average Bonchev–Trinajstić information content (AvgIpc) is 3.37. The van der Waals surface area contributed by atoms with Crippen molar-refractivity contribution >= 4 is 49.3 Å². The summed E-state index contributed by atoms with van der Waals surface area (Å²) >= 11 is 3.46. The summed E-state index contributed by atoms with van der Waals surface area (Å²) in [6.07, 6.45) is 6.72. The zero-order chi connectivity index (χ0) is 20.8. The van der Waals surface area contributed by atoms with Gasteiger partial charge in [0.1, 0.15) is 4.83 Å². The first kappa shape index (κ1) is 20.5. The molecule has 1 aliphatic heterocycles. The average molecular weight is 442 g/mol. The molecule has 5 nitrogen and oxygen atoms in total. The largest absolute Gasteiger partial charge is 0.353 e. The van der Waals surface area contributed by atoms with Gasteiger partial charge in [-0.2, -0.15) is 0 Å². The SMILES string of the molecule is CCN1CCN(c2nc(SC)nc3c2sc2nc(CC(C)C)c4c(c23)CCC4)CC1. The van der Waals surface area contributed by atoms with Crippen LogP contribution in [0.15, 0.2) is 5.16 Å². The molecule has 1 fully saturated rings. The molecule has 1 saturated heterocycles. The minimum absolute atomic E-state index is 0.627. The Labute approximate surface area is 187 Å². The van der Waals surface area contributed by atoms with E-state index in [9.17, 15) is 0 Å². The number of hydrogen-bond acceptors (Lipinski definition) is 7. The van der Waals surface area contributed by atoms with Crippen LogP contribution in [0.5, 0.6) is 0 Å². The summed E-state index contributed by atoms with van der Waals surface area (Å²) < 4.78 is 1.23. The van der Waals surface area contributed by atoms with Crippen molar-refractivity contribution < 1.29 is 0 Å². The van der Waals surface area contributed by atoms with Gasteiger partial charge in [0.25, 0.3) is 0 Å². The monoisotopic (exact) mass is 441 g/mol. The number of likely N-dealkylation sites (N-methyl/N-ethyl adjacent to an activating group) is 1. The molecule has 4 heterocycles. The molecular formula is C23H31N5S2. The zero-order valence-electron chi connectivity index (χ0n) is 18.5. The lowest BCUT2D eigenvalue weighted by Gasteiger charge is -2.34. The van der Waals surface area contributed by atoms with Gasteiger partial charge in [0, 0.05) is 37.3 Å². The van der Waals surface area contributed by atoms with Gasteiger partial charge in [-0.1, -0.05) is 32.5 Å². The normalized spacial score (nSPS) is 17.6. The number of piperazine rings is 1. The van der Waals surface area contributed by atoms with E-state index in [1.165, 1.54) is 44.6 Å². The number of thioether (sulfide) groups is 1. The van der Waals surface area contributed by atoms with Crippen molar-refractivity contribution in [1.29, 1.82) is 0 Å². The molecule has 0 aromatic carbocycles. The van der Waals surface area contributed by atoms with Gasteiger partial charge in [-0.3, -0.25) is 0 Å². The molecule has 0 atom stereocenters. The third kappa shape index (κ3) is 3.49. The molecule has 0 spiro atoms. The fourth-order valence-electron chi connectivity index (χ4n) is 4.95. The summed E-state index contributed by atoms with van der Waals surface area (Å²) in [5.74, 6) is 1.75. The third-order valence-electron chi connectivity index (χ3n) is 6.48. The number of fused-ring (bicyclic) bond motifs is 5. The van der Waals surface area contributed by atoms with Crippen molar-refractivity contribution in [3.05, 3.63) is 16.8 Å². The second-order valence-corrected chi connectivity index (χ2v) is 10.7. The fourth-order valence-corrected chi connectivity index (χ4v) is 6.49. The summed E-state index contributed by atoms with van der Waals surface area (Å²) in [4.78, 5) is 21.4. The van der Waals surface area contributed by atoms with E-state index < -0.39 is 0 Å². The molecule has 5 rings (SSSR count). The number of anilines is 1. The topological polar surface area (TPSA) is 45.2 Å². The summed E-state index contributed by atoms with van der Waals surface area (Å²) in [6.45, 7) is 12.2. The van der Waals surface area contributed by atoms with Crippen LogP contribution in [-0.2, 0) is 19.3 Å². The Morgan fingerprint density at radius 2 is 1.80 bits per heavy atom. The van der Waals surface area contributed by atoms with Crippen molar-refractivity contribution in [1.82, 2.24) is 19.9 Å². The summed E-state index contributed by atoms with van der Waals surface area (Å²) in [7, 11) is 0. The van der Waals surface area contributed by atoms with E-state index in [-0.39, 0.29) is 0 Å². The lowest BCUT2D eigenvalue weighted by atomic mass is 9.99. The number of pyridine rings is 1. The lowest BCUT2D eigenvalue weighted by Crippen LogP contribution is -2.46. The van der Waals surface area contributed by atoms with Gasteiger partial charge in [0.15, 0.2) is 11.0 Å². The van der Waals surface area contributed by atoms with Gasteiger partial charge >= 0.3 is 0 Å². The second-order valence-electron chi connectivity index (χ2n) is 8.88. The Bertz CT molecular complexity index is 1080. The Morgan fingerprint density at radius 3 is 2.50 bits per heavy atom. The van der Waals surface area contributed by atoms with Crippen LogP contribution in [-0.4, -0.2) is 58.8 Å².